The van der Waals surface area contributed by atoms with Crippen molar-refractivity contribution >= 4 is 5.91 Å². The highest BCUT2D eigenvalue weighted by Gasteiger charge is 2.47. The Kier molecular flexibility index (Phi) is 5.51. The number of hydrogen-bond acceptors (Lipinski definition) is 3. The third-order valence-electron chi connectivity index (χ3n) is 6.92. The summed E-state index contributed by atoms with van der Waals surface area (Å²) in [4.78, 5) is 15.5. The molecule has 4 rings (SSSR count). The summed E-state index contributed by atoms with van der Waals surface area (Å²) in [7, 11) is 1.56. The molecule has 6 heteroatoms. The van der Waals surface area contributed by atoms with E-state index in [1.807, 2.05) is 0 Å². The third kappa shape index (κ3) is 3.72. The molecule has 1 amide bonds. The Hall–Kier alpha value is -1.43. The normalized spacial score (nSPS) is 30.4. The van der Waals surface area contributed by atoms with E-state index in [4.69, 9.17) is 4.74 Å². The minimum Gasteiger partial charge on any atom is -0.376 e. The molecule has 1 aromatic heterocycles. The fraction of sp³-hybridized carbons (Fsp3) is 0.818. The molecule has 4 unspecified atom stereocenters. The summed E-state index contributed by atoms with van der Waals surface area (Å²) in [6.07, 6.45) is 9.40. The number of aromatic nitrogens is 2. The van der Waals surface area contributed by atoms with E-state index in [1.54, 1.807) is 14.0 Å². The molecule has 28 heavy (non-hydrogen) atoms. The molecule has 4 atom stereocenters. The predicted octanol–water partition coefficient (Wildman–Crippen LogP) is 4.23. The lowest BCUT2D eigenvalue weighted by Crippen LogP contribution is -2.52. The van der Waals surface area contributed by atoms with Crippen molar-refractivity contribution in [3.63, 3.8) is 0 Å². The van der Waals surface area contributed by atoms with Crippen LogP contribution in [0.1, 0.15) is 81.3 Å². The average molecular weight is 392 g/mol. The van der Waals surface area contributed by atoms with Crippen LogP contribution in [0.2, 0.25) is 0 Å². The van der Waals surface area contributed by atoms with E-state index >= 15 is 0 Å². The lowest BCUT2D eigenvalue weighted by Gasteiger charge is -2.48. The molecular formula is C22H34FN3O2. The van der Waals surface area contributed by atoms with Gasteiger partial charge in [0, 0.05) is 19.1 Å². The lowest BCUT2D eigenvalue weighted by atomic mass is 9.67. The van der Waals surface area contributed by atoms with Gasteiger partial charge in [0.25, 0.3) is 5.91 Å². The SMILES string of the molecule is Cc1nn(C)c(F)c1C(=O)N(C1CC1)C1CCCC2CC(OC(C)C)CCC21. The molecule has 3 aliphatic carbocycles. The molecule has 0 aromatic carbocycles. The van der Waals surface area contributed by atoms with Gasteiger partial charge in [0.05, 0.1) is 17.9 Å². The first kappa shape index (κ1) is 19.9. The highest BCUT2D eigenvalue weighted by Crippen LogP contribution is 2.46. The number of nitrogens with zero attached hydrogens (tertiary/aromatic N) is 3. The van der Waals surface area contributed by atoms with Crippen LogP contribution in [0.3, 0.4) is 0 Å². The summed E-state index contributed by atoms with van der Waals surface area (Å²) < 4.78 is 21.9. The van der Waals surface area contributed by atoms with E-state index in [2.05, 4.69) is 23.8 Å². The average Bonchev–Trinajstić information content (AvgIpc) is 3.42. The molecule has 3 fully saturated rings. The smallest absolute Gasteiger partial charge is 0.260 e. The minimum absolute atomic E-state index is 0.142. The first-order valence-electron chi connectivity index (χ1n) is 11.0. The molecule has 0 N–H and O–H groups in total. The topological polar surface area (TPSA) is 47.4 Å². The summed E-state index contributed by atoms with van der Waals surface area (Å²) in [6.45, 7) is 5.95. The molecule has 156 valence electrons. The number of fused-ring (bicyclic) bond motifs is 1. The molecule has 0 aliphatic heterocycles. The monoisotopic (exact) mass is 391 g/mol. The summed E-state index contributed by atoms with van der Waals surface area (Å²) in [5, 5.41) is 4.14. The van der Waals surface area contributed by atoms with E-state index in [0.29, 0.717) is 23.6 Å². The van der Waals surface area contributed by atoms with Gasteiger partial charge in [-0.3, -0.25) is 4.79 Å². The Bertz CT molecular complexity index is 728. The standard InChI is InChI=1S/C22H34FN3O2/c1-13(2)28-17-10-11-18-15(12-17)6-5-7-19(18)26(16-8-9-16)22(27)20-14(3)24-25(4)21(20)23/h13,15-19H,5-12H2,1-4H3. The van der Waals surface area contributed by atoms with Crippen molar-refractivity contribution in [1.82, 2.24) is 14.7 Å². The maximum Gasteiger partial charge on any atom is 0.260 e. The Labute approximate surface area is 167 Å². The Morgan fingerprint density at radius 3 is 2.57 bits per heavy atom. The molecule has 5 nitrogen and oxygen atoms in total. The zero-order chi connectivity index (χ0) is 20.0. The van der Waals surface area contributed by atoms with Crippen LogP contribution in [-0.2, 0) is 11.8 Å². The zero-order valence-corrected chi connectivity index (χ0v) is 17.7. The number of aryl methyl sites for hydroxylation is 2. The van der Waals surface area contributed by atoms with Gasteiger partial charge in [0.15, 0.2) is 0 Å². The van der Waals surface area contributed by atoms with Crippen molar-refractivity contribution < 1.29 is 13.9 Å². The quantitative estimate of drug-likeness (QED) is 0.754. The van der Waals surface area contributed by atoms with Gasteiger partial charge in [-0.25, -0.2) is 4.68 Å². The van der Waals surface area contributed by atoms with E-state index in [0.717, 1.165) is 44.9 Å². The molecule has 0 saturated heterocycles. The van der Waals surface area contributed by atoms with Gasteiger partial charge in [0.1, 0.15) is 5.56 Å². The third-order valence-corrected chi connectivity index (χ3v) is 6.92. The van der Waals surface area contributed by atoms with Crippen LogP contribution in [0.15, 0.2) is 0 Å². The van der Waals surface area contributed by atoms with Crippen molar-refractivity contribution in [1.29, 1.82) is 0 Å². The van der Waals surface area contributed by atoms with Crippen molar-refractivity contribution in [2.24, 2.45) is 18.9 Å². The largest absolute Gasteiger partial charge is 0.376 e. The van der Waals surface area contributed by atoms with E-state index in [-0.39, 0.29) is 29.7 Å². The molecule has 0 radical (unpaired) electrons. The fourth-order valence-corrected chi connectivity index (χ4v) is 5.68. The molecule has 1 aromatic rings. The Balaban J connectivity index is 1.56. The number of carbonyl (C=O) groups is 1. The summed E-state index contributed by atoms with van der Waals surface area (Å²) in [5.74, 6) is 0.488. The molecular weight excluding hydrogens is 357 g/mol. The summed E-state index contributed by atoms with van der Waals surface area (Å²) >= 11 is 0. The lowest BCUT2D eigenvalue weighted by molar-refractivity contribution is -0.0579. The highest BCUT2D eigenvalue weighted by atomic mass is 19.1. The Morgan fingerprint density at radius 1 is 1.21 bits per heavy atom. The molecule has 1 heterocycles. The van der Waals surface area contributed by atoms with Crippen molar-refractivity contribution in [3.8, 4) is 0 Å². The molecule has 0 bridgehead atoms. The van der Waals surface area contributed by atoms with Gasteiger partial charge in [-0.2, -0.15) is 9.49 Å². The predicted molar refractivity (Wildman–Crippen MR) is 106 cm³/mol. The number of halogens is 1. The van der Waals surface area contributed by atoms with Crippen LogP contribution >= 0.6 is 0 Å². The minimum atomic E-state index is -0.505. The Morgan fingerprint density at radius 2 is 1.96 bits per heavy atom. The van der Waals surface area contributed by atoms with Crippen LogP contribution in [-0.4, -0.2) is 44.9 Å². The molecule has 3 saturated carbocycles. The first-order chi connectivity index (χ1) is 13.4. The first-order valence-corrected chi connectivity index (χ1v) is 11.0. The van der Waals surface area contributed by atoms with Gasteiger partial charge in [0.2, 0.25) is 5.95 Å². The number of hydrogen-bond donors (Lipinski definition) is 0. The van der Waals surface area contributed by atoms with Gasteiger partial charge in [-0.1, -0.05) is 6.42 Å². The van der Waals surface area contributed by atoms with Crippen LogP contribution in [0.4, 0.5) is 4.39 Å². The highest BCUT2D eigenvalue weighted by molar-refractivity contribution is 5.96. The maximum atomic E-state index is 14.6. The molecule has 0 spiro atoms. The van der Waals surface area contributed by atoms with E-state index in [9.17, 15) is 9.18 Å². The number of rotatable bonds is 5. The van der Waals surface area contributed by atoms with Crippen molar-refractivity contribution in [2.75, 3.05) is 0 Å². The molecule has 3 aliphatic rings. The number of amides is 1. The van der Waals surface area contributed by atoms with Gasteiger partial charge in [-0.15, -0.1) is 0 Å². The number of carbonyl (C=O) groups excluding carboxylic acids is 1. The van der Waals surface area contributed by atoms with Crippen LogP contribution in [0, 0.1) is 24.7 Å². The van der Waals surface area contributed by atoms with Gasteiger partial charge < -0.3 is 9.64 Å². The van der Waals surface area contributed by atoms with Crippen LogP contribution in [0.5, 0.6) is 0 Å². The zero-order valence-electron chi connectivity index (χ0n) is 17.7. The van der Waals surface area contributed by atoms with Crippen molar-refractivity contribution in [2.45, 2.75) is 96.4 Å². The van der Waals surface area contributed by atoms with Crippen molar-refractivity contribution in [3.05, 3.63) is 17.2 Å². The second-order valence-electron chi connectivity index (χ2n) is 9.36. The second-order valence-corrected chi connectivity index (χ2v) is 9.36. The van der Waals surface area contributed by atoms with E-state index < -0.39 is 5.95 Å². The summed E-state index contributed by atoms with van der Waals surface area (Å²) in [5.41, 5.74) is 0.672. The summed E-state index contributed by atoms with van der Waals surface area (Å²) in [6, 6.07) is 0.512. The van der Waals surface area contributed by atoms with Gasteiger partial charge >= 0.3 is 0 Å². The number of ether oxygens (including phenoxy) is 1. The van der Waals surface area contributed by atoms with Crippen LogP contribution in [0.25, 0.3) is 0 Å². The van der Waals surface area contributed by atoms with Crippen LogP contribution < -0.4 is 0 Å². The fourth-order valence-electron chi connectivity index (χ4n) is 5.68. The van der Waals surface area contributed by atoms with E-state index in [1.165, 1.54) is 11.1 Å². The maximum absolute atomic E-state index is 14.6. The second kappa shape index (κ2) is 7.77. The van der Waals surface area contributed by atoms with Gasteiger partial charge in [-0.05, 0) is 77.6 Å².